The van der Waals surface area contributed by atoms with Crippen LogP contribution >= 0.6 is 11.6 Å². The highest BCUT2D eigenvalue weighted by Crippen LogP contribution is 2.67. The summed E-state index contributed by atoms with van der Waals surface area (Å²) in [6.45, 7) is 1.91. The molecule has 0 radical (unpaired) electrons. The lowest BCUT2D eigenvalue weighted by molar-refractivity contribution is -0.248. The van der Waals surface area contributed by atoms with Crippen molar-refractivity contribution in [2.45, 2.75) is 31.8 Å². The standard InChI is InChI=1S/C14H16ClNO2/c1-9-10(15)4-3-5-11(9)16(2)12(17)13-6-14(18,7-13)8-13/h3-5,18H,6-8H2,1-2H3. The molecule has 3 saturated carbocycles. The Hall–Kier alpha value is -1.06. The number of nitrogens with zero attached hydrogens (tertiary/aromatic N) is 1. The van der Waals surface area contributed by atoms with Gasteiger partial charge in [0.15, 0.2) is 0 Å². The number of amides is 1. The Morgan fingerprint density at radius 3 is 2.56 bits per heavy atom. The number of anilines is 1. The largest absolute Gasteiger partial charge is 0.390 e. The molecule has 3 aliphatic carbocycles. The van der Waals surface area contributed by atoms with E-state index in [1.54, 1.807) is 11.9 Å². The predicted octanol–water partition coefficient (Wildman–Crippen LogP) is 2.53. The van der Waals surface area contributed by atoms with E-state index in [9.17, 15) is 9.90 Å². The summed E-state index contributed by atoms with van der Waals surface area (Å²) < 4.78 is 0. The van der Waals surface area contributed by atoms with Gasteiger partial charge in [-0.05, 0) is 43.9 Å². The van der Waals surface area contributed by atoms with Crippen molar-refractivity contribution < 1.29 is 9.90 Å². The number of hydrogen-bond donors (Lipinski definition) is 1. The minimum absolute atomic E-state index is 0.101. The maximum absolute atomic E-state index is 12.5. The van der Waals surface area contributed by atoms with Gasteiger partial charge in [0.2, 0.25) is 5.91 Å². The summed E-state index contributed by atoms with van der Waals surface area (Å²) >= 11 is 6.08. The van der Waals surface area contributed by atoms with Gasteiger partial charge in [-0.1, -0.05) is 17.7 Å². The third-order valence-electron chi connectivity index (χ3n) is 4.36. The number of benzene rings is 1. The first-order valence-electron chi connectivity index (χ1n) is 6.13. The van der Waals surface area contributed by atoms with Crippen LogP contribution in [0.15, 0.2) is 18.2 Å². The van der Waals surface area contributed by atoms with E-state index >= 15 is 0 Å². The lowest BCUT2D eigenvalue weighted by atomic mass is 9.41. The molecule has 96 valence electrons. The van der Waals surface area contributed by atoms with E-state index in [0.717, 1.165) is 11.3 Å². The third kappa shape index (κ3) is 1.44. The first kappa shape index (κ1) is 12.0. The van der Waals surface area contributed by atoms with Gasteiger partial charge >= 0.3 is 0 Å². The molecular weight excluding hydrogens is 250 g/mol. The molecule has 1 N–H and O–H groups in total. The van der Waals surface area contributed by atoms with Crippen molar-refractivity contribution in [2.75, 3.05) is 11.9 Å². The number of rotatable bonds is 2. The summed E-state index contributed by atoms with van der Waals surface area (Å²) in [5.74, 6) is 0.101. The van der Waals surface area contributed by atoms with Crippen LogP contribution in [0.1, 0.15) is 24.8 Å². The SMILES string of the molecule is Cc1c(Cl)cccc1N(C)C(=O)C12CC(O)(C1)C2. The molecule has 4 heteroatoms. The molecule has 2 bridgehead atoms. The number of carbonyl (C=O) groups excluding carboxylic acids is 1. The van der Waals surface area contributed by atoms with Crippen molar-refractivity contribution in [2.24, 2.45) is 5.41 Å². The molecule has 1 amide bonds. The van der Waals surface area contributed by atoms with Crippen molar-refractivity contribution in [3.8, 4) is 0 Å². The Bertz CT molecular complexity index is 521. The van der Waals surface area contributed by atoms with E-state index in [4.69, 9.17) is 11.6 Å². The van der Waals surface area contributed by atoms with Crippen molar-refractivity contribution >= 4 is 23.2 Å². The summed E-state index contributed by atoms with van der Waals surface area (Å²) in [6, 6.07) is 5.58. The second kappa shape index (κ2) is 3.49. The van der Waals surface area contributed by atoms with Gasteiger partial charge in [0.25, 0.3) is 0 Å². The maximum atomic E-state index is 12.5. The zero-order valence-electron chi connectivity index (χ0n) is 10.5. The quantitative estimate of drug-likeness (QED) is 0.893. The molecule has 1 aromatic carbocycles. The van der Waals surface area contributed by atoms with Crippen LogP contribution in [0, 0.1) is 12.3 Å². The molecule has 0 atom stereocenters. The molecule has 0 heterocycles. The number of carbonyl (C=O) groups is 1. The monoisotopic (exact) mass is 265 g/mol. The molecular formula is C14H16ClNO2. The van der Waals surface area contributed by atoms with Gasteiger partial charge in [0.05, 0.1) is 11.0 Å². The highest BCUT2D eigenvalue weighted by molar-refractivity contribution is 6.31. The van der Waals surface area contributed by atoms with Crippen LogP contribution in [0.5, 0.6) is 0 Å². The average molecular weight is 266 g/mol. The van der Waals surface area contributed by atoms with Gasteiger partial charge in [0, 0.05) is 17.8 Å². The first-order valence-corrected chi connectivity index (χ1v) is 6.50. The Kier molecular flexibility index (Phi) is 2.32. The van der Waals surface area contributed by atoms with Crippen LogP contribution in [0.25, 0.3) is 0 Å². The third-order valence-corrected chi connectivity index (χ3v) is 4.77. The lowest BCUT2D eigenvalue weighted by Gasteiger charge is -2.66. The minimum Gasteiger partial charge on any atom is -0.390 e. The zero-order chi connectivity index (χ0) is 13.1. The number of hydrogen-bond acceptors (Lipinski definition) is 2. The lowest BCUT2D eigenvalue weighted by Crippen LogP contribution is -2.72. The first-order chi connectivity index (χ1) is 8.37. The van der Waals surface area contributed by atoms with Gasteiger partial charge in [-0.25, -0.2) is 0 Å². The van der Waals surface area contributed by atoms with E-state index in [1.807, 2.05) is 25.1 Å². The van der Waals surface area contributed by atoms with Crippen LogP contribution in [-0.4, -0.2) is 23.7 Å². The summed E-state index contributed by atoms with van der Waals surface area (Å²) in [5.41, 5.74) is 0.919. The fraction of sp³-hybridized carbons (Fsp3) is 0.500. The predicted molar refractivity (Wildman–Crippen MR) is 70.8 cm³/mol. The Morgan fingerprint density at radius 2 is 2.00 bits per heavy atom. The fourth-order valence-electron chi connectivity index (χ4n) is 3.39. The van der Waals surface area contributed by atoms with Crippen LogP contribution in [0.4, 0.5) is 5.69 Å². The van der Waals surface area contributed by atoms with Crippen LogP contribution in [0.3, 0.4) is 0 Å². The van der Waals surface area contributed by atoms with E-state index in [-0.39, 0.29) is 11.3 Å². The van der Waals surface area contributed by atoms with Crippen molar-refractivity contribution in [1.82, 2.24) is 0 Å². The van der Waals surface area contributed by atoms with Crippen molar-refractivity contribution in [3.05, 3.63) is 28.8 Å². The molecule has 1 aromatic rings. The Morgan fingerprint density at radius 1 is 1.39 bits per heavy atom. The summed E-state index contributed by atoms with van der Waals surface area (Å²) in [5, 5.41) is 10.4. The van der Waals surface area contributed by atoms with Crippen LogP contribution in [0.2, 0.25) is 5.02 Å². The van der Waals surface area contributed by atoms with E-state index in [1.165, 1.54) is 0 Å². The van der Waals surface area contributed by atoms with E-state index in [0.29, 0.717) is 24.3 Å². The molecule has 3 nitrogen and oxygen atoms in total. The van der Waals surface area contributed by atoms with Gasteiger partial charge in [-0.2, -0.15) is 0 Å². The second-order valence-corrected chi connectivity index (χ2v) is 6.19. The topological polar surface area (TPSA) is 40.5 Å². The van der Waals surface area contributed by atoms with E-state index in [2.05, 4.69) is 0 Å². The molecule has 18 heavy (non-hydrogen) atoms. The summed E-state index contributed by atoms with van der Waals surface area (Å²) in [7, 11) is 1.78. The Labute approximate surface area is 111 Å². The van der Waals surface area contributed by atoms with Gasteiger partial charge in [-0.3, -0.25) is 4.79 Å². The highest BCUT2D eigenvalue weighted by atomic mass is 35.5. The smallest absolute Gasteiger partial charge is 0.233 e. The minimum atomic E-state index is -0.542. The molecule has 3 fully saturated rings. The molecule has 0 spiro atoms. The second-order valence-electron chi connectivity index (χ2n) is 5.78. The van der Waals surface area contributed by atoms with Crippen LogP contribution in [-0.2, 0) is 4.79 Å². The molecule has 3 aliphatic rings. The van der Waals surface area contributed by atoms with Crippen LogP contribution < -0.4 is 4.90 Å². The van der Waals surface area contributed by atoms with Gasteiger partial charge in [0.1, 0.15) is 0 Å². The Balaban J connectivity index is 1.85. The highest BCUT2D eigenvalue weighted by Gasteiger charge is 2.71. The van der Waals surface area contributed by atoms with E-state index < -0.39 is 5.60 Å². The normalized spacial score (nSPS) is 32.4. The zero-order valence-corrected chi connectivity index (χ0v) is 11.3. The number of halogens is 1. The molecule has 0 aliphatic heterocycles. The fourth-order valence-corrected chi connectivity index (χ4v) is 3.56. The molecule has 0 aromatic heterocycles. The molecule has 4 rings (SSSR count). The summed E-state index contributed by atoms with van der Waals surface area (Å²) in [6.07, 6.45) is 1.84. The van der Waals surface area contributed by atoms with Crippen molar-refractivity contribution in [1.29, 1.82) is 0 Å². The number of aliphatic hydroxyl groups is 1. The molecule has 0 saturated heterocycles. The summed E-state index contributed by atoms with van der Waals surface area (Å²) in [4.78, 5) is 14.1. The average Bonchev–Trinajstić information content (AvgIpc) is 2.25. The van der Waals surface area contributed by atoms with Gasteiger partial charge in [-0.15, -0.1) is 0 Å². The molecule has 0 unspecified atom stereocenters. The maximum Gasteiger partial charge on any atom is 0.233 e. The van der Waals surface area contributed by atoms with Crippen molar-refractivity contribution in [3.63, 3.8) is 0 Å². The van der Waals surface area contributed by atoms with Gasteiger partial charge < -0.3 is 10.0 Å².